The van der Waals surface area contributed by atoms with E-state index in [2.05, 4.69) is 9.97 Å². The van der Waals surface area contributed by atoms with E-state index in [0.29, 0.717) is 21.3 Å². The summed E-state index contributed by atoms with van der Waals surface area (Å²) >= 11 is 1.33. The van der Waals surface area contributed by atoms with Crippen molar-refractivity contribution in [2.45, 2.75) is 10.1 Å². The number of nitrogens with one attached hydrogen (secondary N) is 1. The summed E-state index contributed by atoms with van der Waals surface area (Å²) in [5.74, 6) is -0.483. The molecule has 0 bridgehead atoms. The van der Waals surface area contributed by atoms with Crippen LogP contribution in [0, 0.1) is 0 Å². The third-order valence-electron chi connectivity index (χ3n) is 2.85. The topological polar surface area (TPSA) is 97.8 Å². The molecule has 0 atom stereocenters. The van der Waals surface area contributed by atoms with Crippen LogP contribution in [0.1, 0.15) is 10.4 Å². The predicted molar refractivity (Wildman–Crippen MR) is 79.6 cm³/mol. The summed E-state index contributed by atoms with van der Waals surface area (Å²) in [6, 6.07) is 12.7. The number of aromatic amines is 1. The molecule has 5 N–H and O–H groups in total. The van der Waals surface area contributed by atoms with Crippen molar-refractivity contribution in [2.75, 3.05) is 5.73 Å². The van der Waals surface area contributed by atoms with Crippen molar-refractivity contribution >= 4 is 34.4 Å². The number of carbonyl (C=O) groups is 1. The Kier molecular flexibility index (Phi) is 3.08. The van der Waals surface area contributed by atoms with Gasteiger partial charge in [0.2, 0.25) is 5.91 Å². The Labute approximate surface area is 119 Å². The number of carbonyl (C=O) groups excluding carboxylic acids is 1. The minimum atomic E-state index is -0.483. The second-order valence-corrected chi connectivity index (χ2v) is 5.31. The van der Waals surface area contributed by atoms with Crippen molar-refractivity contribution in [3.05, 3.63) is 48.0 Å². The molecule has 1 amide bonds. The van der Waals surface area contributed by atoms with Gasteiger partial charge in [-0.1, -0.05) is 23.9 Å². The largest absolute Gasteiger partial charge is 0.399 e. The van der Waals surface area contributed by atoms with E-state index in [1.807, 2.05) is 24.3 Å². The standard InChI is InChI=1S/C14H12N4OS/c15-8-5-6-9(13(16)19)12(7-8)20-14-17-10-3-1-2-4-11(10)18-14/h1-7H,15H2,(H2,16,19)(H,17,18). The Morgan fingerprint density at radius 1 is 1.20 bits per heavy atom. The van der Waals surface area contributed by atoms with Gasteiger partial charge in [0.1, 0.15) is 0 Å². The molecule has 0 spiro atoms. The molecule has 0 saturated heterocycles. The molecule has 1 aromatic heterocycles. The Bertz CT molecular complexity index is 764. The molecular weight excluding hydrogens is 272 g/mol. The lowest BCUT2D eigenvalue weighted by molar-refractivity contribution is 0.0997. The number of para-hydroxylation sites is 2. The zero-order valence-corrected chi connectivity index (χ0v) is 11.3. The van der Waals surface area contributed by atoms with Crippen molar-refractivity contribution in [2.24, 2.45) is 5.73 Å². The first-order chi connectivity index (χ1) is 9.63. The monoisotopic (exact) mass is 284 g/mol. The summed E-state index contributed by atoms with van der Waals surface area (Å²) in [7, 11) is 0. The number of benzene rings is 2. The number of amides is 1. The van der Waals surface area contributed by atoms with Gasteiger partial charge in [-0.25, -0.2) is 4.98 Å². The van der Waals surface area contributed by atoms with Crippen LogP contribution < -0.4 is 11.5 Å². The highest BCUT2D eigenvalue weighted by atomic mass is 32.2. The van der Waals surface area contributed by atoms with Gasteiger partial charge >= 0.3 is 0 Å². The Morgan fingerprint density at radius 2 is 2.00 bits per heavy atom. The first-order valence-corrected chi connectivity index (χ1v) is 6.77. The highest BCUT2D eigenvalue weighted by Gasteiger charge is 2.12. The smallest absolute Gasteiger partial charge is 0.249 e. The van der Waals surface area contributed by atoms with Gasteiger partial charge in [-0.3, -0.25) is 4.79 Å². The summed E-state index contributed by atoms with van der Waals surface area (Å²) in [6.07, 6.45) is 0. The summed E-state index contributed by atoms with van der Waals surface area (Å²) in [5, 5.41) is 0.694. The summed E-state index contributed by atoms with van der Waals surface area (Å²) in [4.78, 5) is 19.8. The first-order valence-electron chi connectivity index (χ1n) is 5.95. The number of H-pyrrole nitrogens is 1. The molecule has 1 heterocycles. The van der Waals surface area contributed by atoms with Crippen LogP contribution >= 0.6 is 11.8 Å². The minimum Gasteiger partial charge on any atom is -0.399 e. The van der Waals surface area contributed by atoms with E-state index in [4.69, 9.17) is 11.5 Å². The highest BCUT2D eigenvalue weighted by Crippen LogP contribution is 2.31. The van der Waals surface area contributed by atoms with Crippen molar-refractivity contribution < 1.29 is 4.79 Å². The molecule has 20 heavy (non-hydrogen) atoms. The zero-order valence-electron chi connectivity index (χ0n) is 10.5. The Hall–Kier alpha value is -2.47. The van der Waals surface area contributed by atoms with E-state index in [0.717, 1.165) is 11.0 Å². The normalized spacial score (nSPS) is 10.8. The third-order valence-corrected chi connectivity index (χ3v) is 3.79. The fraction of sp³-hybridized carbons (Fsp3) is 0. The molecule has 100 valence electrons. The molecule has 0 aliphatic carbocycles. The van der Waals surface area contributed by atoms with E-state index in [-0.39, 0.29) is 0 Å². The van der Waals surface area contributed by atoms with Crippen molar-refractivity contribution in [1.29, 1.82) is 0 Å². The van der Waals surface area contributed by atoms with Gasteiger partial charge in [0.15, 0.2) is 5.16 Å². The number of imidazole rings is 1. The quantitative estimate of drug-likeness (QED) is 0.643. The fourth-order valence-electron chi connectivity index (χ4n) is 1.91. The maximum absolute atomic E-state index is 11.4. The van der Waals surface area contributed by atoms with E-state index < -0.39 is 5.91 Å². The fourth-order valence-corrected chi connectivity index (χ4v) is 2.90. The molecule has 0 saturated carbocycles. The van der Waals surface area contributed by atoms with Crippen LogP contribution in [0.3, 0.4) is 0 Å². The number of hydrogen-bond donors (Lipinski definition) is 3. The number of rotatable bonds is 3. The Balaban J connectivity index is 2.01. The summed E-state index contributed by atoms with van der Waals surface area (Å²) in [6.45, 7) is 0. The van der Waals surface area contributed by atoms with E-state index in [9.17, 15) is 4.79 Å². The number of aromatic nitrogens is 2. The molecule has 0 aliphatic rings. The van der Waals surface area contributed by atoms with Crippen LogP contribution in [0.25, 0.3) is 11.0 Å². The second kappa shape index (κ2) is 4.90. The second-order valence-electron chi connectivity index (χ2n) is 4.28. The molecule has 6 heteroatoms. The molecule has 3 rings (SSSR count). The molecule has 0 unspecified atom stereocenters. The SMILES string of the molecule is NC(=O)c1ccc(N)cc1Sc1nc2ccccc2[nH]1. The van der Waals surface area contributed by atoms with Crippen LogP contribution in [-0.4, -0.2) is 15.9 Å². The number of nitrogens with zero attached hydrogens (tertiary/aromatic N) is 1. The van der Waals surface area contributed by atoms with Gasteiger partial charge in [-0.15, -0.1) is 0 Å². The van der Waals surface area contributed by atoms with E-state index >= 15 is 0 Å². The average molecular weight is 284 g/mol. The predicted octanol–water partition coefficient (Wildman–Crippen LogP) is 2.40. The average Bonchev–Trinajstić information content (AvgIpc) is 2.80. The van der Waals surface area contributed by atoms with E-state index in [1.165, 1.54) is 11.8 Å². The number of primary amides is 1. The first kappa shape index (κ1) is 12.6. The van der Waals surface area contributed by atoms with Crippen molar-refractivity contribution in [3.8, 4) is 0 Å². The lowest BCUT2D eigenvalue weighted by Gasteiger charge is -2.05. The van der Waals surface area contributed by atoms with Crippen LogP contribution in [0.4, 0.5) is 5.69 Å². The summed E-state index contributed by atoms with van der Waals surface area (Å²) < 4.78 is 0. The Morgan fingerprint density at radius 3 is 2.75 bits per heavy atom. The number of anilines is 1. The maximum atomic E-state index is 11.4. The van der Waals surface area contributed by atoms with Crippen LogP contribution in [0.15, 0.2) is 52.5 Å². The zero-order chi connectivity index (χ0) is 14.1. The lowest BCUT2D eigenvalue weighted by Crippen LogP contribution is -2.12. The van der Waals surface area contributed by atoms with Crippen molar-refractivity contribution in [3.63, 3.8) is 0 Å². The van der Waals surface area contributed by atoms with Gasteiger partial charge in [0.25, 0.3) is 0 Å². The van der Waals surface area contributed by atoms with Gasteiger partial charge in [-0.05, 0) is 30.3 Å². The van der Waals surface area contributed by atoms with Gasteiger partial charge in [0.05, 0.1) is 16.6 Å². The summed E-state index contributed by atoms with van der Waals surface area (Å²) in [5.41, 5.74) is 14.0. The van der Waals surface area contributed by atoms with Crippen LogP contribution in [0.2, 0.25) is 0 Å². The van der Waals surface area contributed by atoms with Gasteiger partial charge in [0, 0.05) is 10.6 Å². The number of fused-ring (bicyclic) bond motifs is 1. The number of hydrogen-bond acceptors (Lipinski definition) is 4. The molecule has 0 aliphatic heterocycles. The van der Waals surface area contributed by atoms with Crippen molar-refractivity contribution in [1.82, 2.24) is 9.97 Å². The molecule has 3 aromatic rings. The highest BCUT2D eigenvalue weighted by molar-refractivity contribution is 7.99. The molecule has 2 aromatic carbocycles. The minimum absolute atomic E-state index is 0.435. The van der Waals surface area contributed by atoms with E-state index in [1.54, 1.807) is 18.2 Å². The lowest BCUT2D eigenvalue weighted by atomic mass is 10.2. The third kappa shape index (κ3) is 2.33. The molecular formula is C14H12N4OS. The molecule has 0 radical (unpaired) electrons. The van der Waals surface area contributed by atoms with Crippen LogP contribution in [0.5, 0.6) is 0 Å². The molecule has 0 fully saturated rings. The number of nitrogen functional groups attached to an aromatic ring is 1. The van der Waals surface area contributed by atoms with Crippen LogP contribution in [-0.2, 0) is 0 Å². The molecule has 5 nitrogen and oxygen atoms in total. The van der Waals surface area contributed by atoms with Gasteiger partial charge < -0.3 is 16.5 Å². The number of nitrogens with two attached hydrogens (primary N) is 2. The van der Waals surface area contributed by atoms with Gasteiger partial charge in [-0.2, -0.15) is 0 Å². The maximum Gasteiger partial charge on any atom is 0.249 e.